The van der Waals surface area contributed by atoms with Crippen molar-refractivity contribution in [2.75, 3.05) is 0 Å². The van der Waals surface area contributed by atoms with Gasteiger partial charge < -0.3 is 13.6 Å². The first-order valence-electron chi connectivity index (χ1n) is 9.60. The van der Waals surface area contributed by atoms with E-state index in [2.05, 4.69) is 4.98 Å². The van der Waals surface area contributed by atoms with Crippen LogP contribution in [0.4, 0.5) is 8.78 Å². The summed E-state index contributed by atoms with van der Waals surface area (Å²) < 4.78 is 42.9. The highest BCUT2D eigenvalue weighted by atomic mass is 19.1. The minimum absolute atomic E-state index is 0.0389. The van der Waals surface area contributed by atoms with Crippen molar-refractivity contribution in [2.45, 2.75) is 26.2 Å². The number of rotatable bonds is 6. The standard InChI is InChI=1S/C23H17F2NO5/c1-2-13-9-23(28)31-19-11-15(4-6-16(13)19)29-22(27)8-7-21-26-12-20(30-21)17-5-3-14(24)10-18(17)25/h3-6,9-12H,2,7-8H2,1H3. The van der Waals surface area contributed by atoms with Gasteiger partial charge >= 0.3 is 11.6 Å². The molecule has 0 aliphatic carbocycles. The van der Waals surface area contributed by atoms with Crippen LogP contribution in [0, 0.1) is 11.6 Å². The van der Waals surface area contributed by atoms with Crippen LogP contribution in [-0.2, 0) is 17.6 Å². The molecule has 0 aliphatic rings. The fourth-order valence-electron chi connectivity index (χ4n) is 3.20. The van der Waals surface area contributed by atoms with Gasteiger partial charge in [-0.2, -0.15) is 0 Å². The largest absolute Gasteiger partial charge is 0.441 e. The zero-order valence-corrected chi connectivity index (χ0v) is 16.5. The Balaban J connectivity index is 1.42. The van der Waals surface area contributed by atoms with Crippen LogP contribution in [0.2, 0.25) is 0 Å². The molecule has 0 saturated carbocycles. The molecule has 6 nitrogen and oxygen atoms in total. The van der Waals surface area contributed by atoms with Crippen LogP contribution < -0.4 is 10.4 Å². The number of carbonyl (C=O) groups is 1. The van der Waals surface area contributed by atoms with Crippen molar-refractivity contribution < 1.29 is 27.1 Å². The van der Waals surface area contributed by atoms with Crippen molar-refractivity contribution in [3.8, 4) is 17.1 Å². The van der Waals surface area contributed by atoms with Gasteiger partial charge in [-0.05, 0) is 36.2 Å². The highest BCUT2D eigenvalue weighted by molar-refractivity contribution is 5.82. The molecule has 0 fully saturated rings. The van der Waals surface area contributed by atoms with E-state index in [0.29, 0.717) is 12.0 Å². The number of benzene rings is 2. The van der Waals surface area contributed by atoms with Crippen molar-refractivity contribution in [3.63, 3.8) is 0 Å². The number of hydrogen-bond donors (Lipinski definition) is 0. The van der Waals surface area contributed by atoms with E-state index in [4.69, 9.17) is 13.6 Å². The second-order valence-corrected chi connectivity index (χ2v) is 6.82. The number of hydrogen-bond acceptors (Lipinski definition) is 6. The summed E-state index contributed by atoms with van der Waals surface area (Å²) in [4.78, 5) is 27.9. The number of ether oxygens (including phenoxy) is 1. The van der Waals surface area contributed by atoms with Crippen molar-refractivity contribution >= 4 is 16.9 Å². The van der Waals surface area contributed by atoms with E-state index >= 15 is 0 Å². The molecule has 0 amide bonds. The van der Waals surface area contributed by atoms with Crippen LogP contribution in [0.15, 0.2) is 62.3 Å². The van der Waals surface area contributed by atoms with E-state index < -0.39 is 23.2 Å². The van der Waals surface area contributed by atoms with Gasteiger partial charge in [-0.3, -0.25) is 4.79 Å². The molecule has 158 valence electrons. The van der Waals surface area contributed by atoms with Crippen molar-refractivity contribution in [2.24, 2.45) is 0 Å². The van der Waals surface area contributed by atoms with Crippen molar-refractivity contribution in [1.82, 2.24) is 4.98 Å². The van der Waals surface area contributed by atoms with Crippen molar-refractivity contribution in [3.05, 3.63) is 82.2 Å². The van der Waals surface area contributed by atoms with E-state index in [-0.39, 0.29) is 35.8 Å². The lowest BCUT2D eigenvalue weighted by Crippen LogP contribution is -2.09. The quantitative estimate of drug-likeness (QED) is 0.250. The number of nitrogens with zero attached hydrogens (tertiary/aromatic N) is 1. The molecule has 31 heavy (non-hydrogen) atoms. The first kappa shape index (κ1) is 20.5. The molecule has 0 atom stereocenters. The molecule has 0 unspecified atom stereocenters. The number of halogens is 2. The first-order valence-corrected chi connectivity index (χ1v) is 9.60. The molecule has 0 radical (unpaired) electrons. The van der Waals surface area contributed by atoms with Gasteiger partial charge in [0.25, 0.3) is 0 Å². The monoisotopic (exact) mass is 425 g/mol. The maximum atomic E-state index is 13.9. The minimum Gasteiger partial charge on any atom is -0.441 e. The first-order chi connectivity index (χ1) is 14.9. The Bertz CT molecular complexity index is 1330. The molecule has 0 bridgehead atoms. The van der Waals surface area contributed by atoms with E-state index in [1.54, 1.807) is 12.1 Å². The summed E-state index contributed by atoms with van der Waals surface area (Å²) in [5.74, 6) is -1.40. The topological polar surface area (TPSA) is 82.5 Å². The number of fused-ring (bicyclic) bond motifs is 1. The second kappa shape index (κ2) is 8.51. The number of esters is 1. The third-order valence-electron chi connectivity index (χ3n) is 4.71. The second-order valence-electron chi connectivity index (χ2n) is 6.82. The summed E-state index contributed by atoms with van der Waals surface area (Å²) in [5, 5.41) is 0.780. The molecule has 0 N–H and O–H groups in total. The Kier molecular flexibility index (Phi) is 5.62. The minimum atomic E-state index is -0.767. The predicted octanol–water partition coefficient (Wildman–Crippen LogP) is 4.83. The number of carbonyl (C=O) groups excluding carboxylic acids is 1. The molecule has 0 aliphatic heterocycles. The zero-order valence-electron chi connectivity index (χ0n) is 16.5. The summed E-state index contributed by atoms with van der Waals surface area (Å²) in [6, 6.07) is 9.42. The maximum Gasteiger partial charge on any atom is 0.336 e. The zero-order chi connectivity index (χ0) is 22.0. The third kappa shape index (κ3) is 4.53. The Morgan fingerprint density at radius 1 is 1.10 bits per heavy atom. The summed E-state index contributed by atoms with van der Waals surface area (Å²) in [6.07, 6.45) is 2.07. The molecular formula is C23H17F2NO5. The molecule has 4 aromatic rings. The van der Waals surface area contributed by atoms with Gasteiger partial charge in [0, 0.05) is 30.0 Å². The molecule has 0 spiro atoms. The normalized spacial score (nSPS) is 11.1. The van der Waals surface area contributed by atoms with Gasteiger partial charge in [-0.15, -0.1) is 0 Å². The van der Waals surface area contributed by atoms with Crippen molar-refractivity contribution in [1.29, 1.82) is 0 Å². The van der Waals surface area contributed by atoms with Crippen LogP contribution in [-0.4, -0.2) is 11.0 Å². The lowest BCUT2D eigenvalue weighted by Gasteiger charge is -2.06. The van der Waals surface area contributed by atoms with Crippen LogP contribution in [0.3, 0.4) is 0 Å². The number of aryl methyl sites for hydroxylation is 2. The fraction of sp³-hybridized carbons (Fsp3) is 0.174. The van der Waals surface area contributed by atoms with Gasteiger partial charge in [-0.25, -0.2) is 18.6 Å². The average molecular weight is 425 g/mol. The Hall–Kier alpha value is -3.81. The van der Waals surface area contributed by atoms with E-state index in [0.717, 1.165) is 23.1 Å². The van der Waals surface area contributed by atoms with Gasteiger partial charge in [-0.1, -0.05) is 6.92 Å². The van der Waals surface area contributed by atoms with Gasteiger partial charge in [0.05, 0.1) is 18.2 Å². The lowest BCUT2D eigenvalue weighted by molar-refractivity contribution is -0.134. The SMILES string of the molecule is CCc1cc(=O)oc2cc(OC(=O)CCc3ncc(-c4ccc(F)cc4F)o3)ccc12. The number of aromatic nitrogens is 1. The molecule has 2 aromatic carbocycles. The summed E-state index contributed by atoms with van der Waals surface area (Å²) >= 11 is 0. The van der Waals surface area contributed by atoms with Gasteiger partial charge in [0.2, 0.25) is 0 Å². The van der Waals surface area contributed by atoms with Gasteiger partial charge in [0.1, 0.15) is 23.0 Å². The van der Waals surface area contributed by atoms with Crippen LogP contribution in [0.25, 0.3) is 22.3 Å². The van der Waals surface area contributed by atoms with E-state index in [1.165, 1.54) is 24.4 Å². The third-order valence-corrected chi connectivity index (χ3v) is 4.71. The average Bonchev–Trinajstić information content (AvgIpc) is 3.20. The Morgan fingerprint density at radius 2 is 1.94 bits per heavy atom. The molecule has 4 rings (SSSR count). The summed E-state index contributed by atoms with van der Waals surface area (Å²) in [5.41, 5.74) is 0.798. The number of oxazole rings is 1. The molecular weight excluding hydrogens is 408 g/mol. The molecule has 2 heterocycles. The lowest BCUT2D eigenvalue weighted by atomic mass is 10.1. The summed E-state index contributed by atoms with van der Waals surface area (Å²) in [7, 11) is 0. The van der Waals surface area contributed by atoms with Crippen LogP contribution in [0.5, 0.6) is 5.75 Å². The smallest absolute Gasteiger partial charge is 0.336 e. The maximum absolute atomic E-state index is 13.9. The molecule has 0 saturated heterocycles. The highest BCUT2D eigenvalue weighted by Crippen LogP contribution is 2.25. The molecule has 2 aromatic heterocycles. The van der Waals surface area contributed by atoms with Crippen LogP contribution in [0.1, 0.15) is 24.8 Å². The Morgan fingerprint density at radius 3 is 2.71 bits per heavy atom. The van der Waals surface area contributed by atoms with Crippen LogP contribution >= 0.6 is 0 Å². The summed E-state index contributed by atoms with van der Waals surface area (Å²) in [6.45, 7) is 1.93. The highest BCUT2D eigenvalue weighted by Gasteiger charge is 2.14. The fourth-order valence-corrected chi connectivity index (χ4v) is 3.20. The van der Waals surface area contributed by atoms with E-state index in [9.17, 15) is 18.4 Å². The Labute approximate surface area is 175 Å². The van der Waals surface area contributed by atoms with Gasteiger partial charge in [0.15, 0.2) is 11.7 Å². The molecule has 8 heteroatoms. The predicted molar refractivity (Wildman–Crippen MR) is 108 cm³/mol. The van der Waals surface area contributed by atoms with E-state index in [1.807, 2.05) is 6.92 Å².